The molecule has 1 aromatic heterocycles. The number of rotatable bonds is 5. The number of aromatic carboxylic acids is 1. The zero-order chi connectivity index (χ0) is 16.1. The predicted molar refractivity (Wildman–Crippen MR) is 85.2 cm³/mol. The average molecular weight is 306 g/mol. The van der Waals surface area contributed by atoms with E-state index >= 15 is 0 Å². The van der Waals surface area contributed by atoms with Gasteiger partial charge in [-0.05, 0) is 35.9 Å². The van der Waals surface area contributed by atoms with Crippen LogP contribution in [0.1, 0.15) is 16.2 Å². The highest BCUT2D eigenvalue weighted by molar-refractivity contribution is 5.83. The number of ether oxygens (including phenoxy) is 1. The van der Waals surface area contributed by atoms with Crippen molar-refractivity contribution in [2.24, 2.45) is 0 Å². The van der Waals surface area contributed by atoms with Crippen molar-refractivity contribution in [1.29, 1.82) is 0 Å². The molecule has 0 unspecified atom stereocenters. The fourth-order valence-corrected chi connectivity index (χ4v) is 2.09. The van der Waals surface area contributed by atoms with Crippen molar-refractivity contribution >= 4 is 5.97 Å². The van der Waals surface area contributed by atoms with E-state index in [1.807, 2.05) is 54.6 Å². The predicted octanol–water partition coefficient (Wildman–Crippen LogP) is 3.42. The summed E-state index contributed by atoms with van der Waals surface area (Å²) in [5.74, 6) is -0.619. The third-order valence-corrected chi connectivity index (χ3v) is 3.25. The SMILES string of the molecule is O=C(O)c1nccc(-c2ccc(OCc3ccccc3)cc2)n1. The first-order valence-electron chi connectivity index (χ1n) is 7.06. The van der Waals surface area contributed by atoms with Crippen molar-refractivity contribution in [1.82, 2.24) is 9.97 Å². The average Bonchev–Trinajstić information content (AvgIpc) is 2.61. The van der Waals surface area contributed by atoms with Crippen LogP contribution in [0.25, 0.3) is 11.3 Å². The van der Waals surface area contributed by atoms with Crippen LogP contribution in [-0.4, -0.2) is 21.0 Å². The quantitative estimate of drug-likeness (QED) is 0.782. The van der Waals surface area contributed by atoms with E-state index in [1.54, 1.807) is 6.07 Å². The highest BCUT2D eigenvalue weighted by atomic mass is 16.5. The number of benzene rings is 2. The lowest BCUT2D eigenvalue weighted by atomic mass is 10.1. The van der Waals surface area contributed by atoms with Crippen LogP contribution < -0.4 is 4.74 Å². The van der Waals surface area contributed by atoms with E-state index in [1.165, 1.54) is 6.20 Å². The minimum absolute atomic E-state index is 0.216. The highest BCUT2D eigenvalue weighted by Crippen LogP contribution is 2.21. The van der Waals surface area contributed by atoms with Crippen molar-refractivity contribution in [3.8, 4) is 17.0 Å². The lowest BCUT2D eigenvalue weighted by Gasteiger charge is -2.07. The Morgan fingerprint density at radius 2 is 1.74 bits per heavy atom. The number of hydrogen-bond donors (Lipinski definition) is 1. The third-order valence-electron chi connectivity index (χ3n) is 3.25. The molecule has 0 spiro atoms. The molecule has 0 radical (unpaired) electrons. The molecule has 0 amide bonds. The summed E-state index contributed by atoms with van der Waals surface area (Å²) >= 11 is 0. The van der Waals surface area contributed by atoms with Crippen LogP contribution >= 0.6 is 0 Å². The lowest BCUT2D eigenvalue weighted by Crippen LogP contribution is -2.04. The Kier molecular flexibility index (Phi) is 4.29. The molecule has 23 heavy (non-hydrogen) atoms. The van der Waals surface area contributed by atoms with Crippen LogP contribution in [0.5, 0.6) is 5.75 Å². The highest BCUT2D eigenvalue weighted by Gasteiger charge is 2.08. The molecule has 0 atom stereocenters. The van der Waals surface area contributed by atoms with Crippen molar-refractivity contribution in [2.45, 2.75) is 6.61 Å². The van der Waals surface area contributed by atoms with Gasteiger partial charge in [-0.2, -0.15) is 0 Å². The zero-order valence-corrected chi connectivity index (χ0v) is 12.2. The van der Waals surface area contributed by atoms with Gasteiger partial charge in [-0.25, -0.2) is 14.8 Å². The Bertz CT molecular complexity index is 802. The topological polar surface area (TPSA) is 72.3 Å². The summed E-state index contributed by atoms with van der Waals surface area (Å²) in [6.07, 6.45) is 1.44. The molecular formula is C18H14N2O3. The first-order valence-corrected chi connectivity index (χ1v) is 7.06. The Labute approximate surface area is 133 Å². The second-order valence-electron chi connectivity index (χ2n) is 4.87. The summed E-state index contributed by atoms with van der Waals surface area (Å²) in [6.45, 7) is 0.497. The maximum absolute atomic E-state index is 10.9. The van der Waals surface area contributed by atoms with Gasteiger partial charge in [0.05, 0.1) is 5.69 Å². The number of hydrogen-bond acceptors (Lipinski definition) is 4. The summed E-state index contributed by atoms with van der Waals surface area (Å²) in [4.78, 5) is 18.6. The maximum Gasteiger partial charge on any atom is 0.373 e. The second kappa shape index (κ2) is 6.70. The van der Waals surface area contributed by atoms with Crippen LogP contribution in [0.2, 0.25) is 0 Å². The number of carbonyl (C=O) groups is 1. The number of nitrogens with zero attached hydrogens (tertiary/aromatic N) is 2. The van der Waals surface area contributed by atoms with Crippen LogP contribution in [0.4, 0.5) is 0 Å². The molecule has 1 N–H and O–H groups in total. The maximum atomic E-state index is 10.9. The molecule has 0 bridgehead atoms. The van der Waals surface area contributed by atoms with Crippen LogP contribution in [0, 0.1) is 0 Å². The molecule has 0 aliphatic rings. The van der Waals surface area contributed by atoms with Gasteiger partial charge in [0.25, 0.3) is 0 Å². The van der Waals surface area contributed by atoms with Crippen molar-refractivity contribution in [2.75, 3.05) is 0 Å². The zero-order valence-electron chi connectivity index (χ0n) is 12.2. The molecule has 3 rings (SSSR count). The van der Waals surface area contributed by atoms with Gasteiger partial charge in [0, 0.05) is 11.8 Å². The molecule has 0 aliphatic carbocycles. The Balaban J connectivity index is 1.72. The first kappa shape index (κ1) is 14.7. The minimum Gasteiger partial charge on any atom is -0.489 e. The molecular weight excluding hydrogens is 292 g/mol. The summed E-state index contributed by atoms with van der Waals surface area (Å²) in [5, 5.41) is 8.93. The molecule has 0 saturated carbocycles. The molecule has 114 valence electrons. The van der Waals surface area contributed by atoms with Crippen molar-refractivity contribution in [3.63, 3.8) is 0 Å². The number of aromatic nitrogens is 2. The largest absolute Gasteiger partial charge is 0.489 e. The number of carboxylic acid groups (broad SMARTS) is 1. The Morgan fingerprint density at radius 3 is 2.43 bits per heavy atom. The summed E-state index contributed by atoms with van der Waals surface area (Å²) in [7, 11) is 0. The van der Waals surface area contributed by atoms with E-state index in [2.05, 4.69) is 9.97 Å². The fraction of sp³-hybridized carbons (Fsp3) is 0.0556. The van der Waals surface area contributed by atoms with Crippen molar-refractivity contribution < 1.29 is 14.6 Å². The summed E-state index contributed by atoms with van der Waals surface area (Å²) < 4.78 is 5.72. The summed E-state index contributed by atoms with van der Waals surface area (Å²) in [5.41, 5.74) is 2.47. The van der Waals surface area contributed by atoms with Gasteiger partial charge in [-0.15, -0.1) is 0 Å². The molecule has 0 fully saturated rings. The van der Waals surface area contributed by atoms with Crippen molar-refractivity contribution in [3.05, 3.63) is 78.2 Å². The van der Waals surface area contributed by atoms with Crippen LogP contribution in [0.3, 0.4) is 0 Å². The molecule has 2 aromatic carbocycles. The molecule has 5 nitrogen and oxygen atoms in total. The second-order valence-corrected chi connectivity index (χ2v) is 4.87. The lowest BCUT2D eigenvalue weighted by molar-refractivity contribution is 0.0683. The summed E-state index contributed by atoms with van der Waals surface area (Å²) in [6, 6.07) is 18.9. The smallest absolute Gasteiger partial charge is 0.373 e. The monoisotopic (exact) mass is 306 g/mol. The molecule has 3 aromatic rings. The Morgan fingerprint density at radius 1 is 1.00 bits per heavy atom. The van der Waals surface area contributed by atoms with Gasteiger partial charge in [0.2, 0.25) is 5.82 Å². The van der Waals surface area contributed by atoms with E-state index < -0.39 is 5.97 Å². The van der Waals surface area contributed by atoms with E-state index in [9.17, 15) is 4.79 Å². The van der Waals surface area contributed by atoms with Gasteiger partial charge in [-0.1, -0.05) is 30.3 Å². The van der Waals surface area contributed by atoms with Gasteiger partial charge in [0.1, 0.15) is 12.4 Å². The fourth-order valence-electron chi connectivity index (χ4n) is 2.09. The van der Waals surface area contributed by atoms with E-state index in [4.69, 9.17) is 9.84 Å². The minimum atomic E-state index is -1.14. The van der Waals surface area contributed by atoms with Gasteiger partial charge in [-0.3, -0.25) is 0 Å². The standard InChI is InChI=1S/C18H14N2O3/c21-18(22)17-19-11-10-16(20-17)14-6-8-15(9-7-14)23-12-13-4-2-1-3-5-13/h1-11H,12H2,(H,21,22). The molecule has 1 heterocycles. The van der Waals surface area contributed by atoms with E-state index in [0.717, 1.165) is 16.9 Å². The normalized spacial score (nSPS) is 10.3. The molecule has 0 aliphatic heterocycles. The van der Waals surface area contributed by atoms with Crippen LogP contribution in [0.15, 0.2) is 66.9 Å². The van der Waals surface area contributed by atoms with Gasteiger partial charge < -0.3 is 9.84 Å². The Hall–Kier alpha value is -3.21. The van der Waals surface area contributed by atoms with E-state index in [0.29, 0.717) is 12.3 Å². The first-order chi connectivity index (χ1) is 11.2. The van der Waals surface area contributed by atoms with E-state index in [-0.39, 0.29) is 5.82 Å². The molecule has 0 saturated heterocycles. The van der Waals surface area contributed by atoms with Gasteiger partial charge >= 0.3 is 5.97 Å². The van der Waals surface area contributed by atoms with Crippen LogP contribution in [-0.2, 0) is 6.61 Å². The van der Waals surface area contributed by atoms with Gasteiger partial charge in [0.15, 0.2) is 0 Å². The molecule has 5 heteroatoms. The third kappa shape index (κ3) is 3.71. The number of carboxylic acids is 1.